The lowest BCUT2D eigenvalue weighted by atomic mass is 10.1. The van der Waals surface area contributed by atoms with Crippen molar-refractivity contribution in [1.29, 1.82) is 0 Å². The van der Waals surface area contributed by atoms with Crippen LogP contribution < -0.4 is 21.9 Å². The molecule has 0 saturated carbocycles. The summed E-state index contributed by atoms with van der Waals surface area (Å²) in [5.41, 5.74) is 6.45. The van der Waals surface area contributed by atoms with E-state index in [-0.39, 0.29) is 11.4 Å². The van der Waals surface area contributed by atoms with E-state index in [0.29, 0.717) is 0 Å². The van der Waals surface area contributed by atoms with Crippen molar-refractivity contribution in [3.63, 3.8) is 0 Å². The van der Waals surface area contributed by atoms with Crippen molar-refractivity contribution in [3.8, 4) is 0 Å². The Morgan fingerprint density at radius 1 is 1.10 bits per heavy atom. The molecular weight excluding hydrogens is 272 g/mol. The van der Waals surface area contributed by atoms with Gasteiger partial charge in [0.2, 0.25) is 0 Å². The Morgan fingerprint density at radius 3 is 2.65 bits per heavy atom. The van der Waals surface area contributed by atoms with Crippen LogP contribution in [0.25, 0.3) is 0 Å². The van der Waals surface area contributed by atoms with Gasteiger partial charge in [-0.1, -0.05) is 18.2 Å². The molecular formula is C15H12N2O2S. The SMILES string of the molecule is Nc1c(Nc2cccc(Cc3cccs3)c2)c(=O)c1=O. The molecule has 2 aromatic carbocycles. The summed E-state index contributed by atoms with van der Waals surface area (Å²) in [5.74, 6) is 0. The summed E-state index contributed by atoms with van der Waals surface area (Å²) in [5, 5.41) is 4.96. The Bertz CT molecular complexity index is 815. The highest BCUT2D eigenvalue weighted by atomic mass is 32.1. The number of anilines is 3. The number of hydrogen-bond donors (Lipinski definition) is 2. The molecule has 0 atom stereocenters. The fourth-order valence-electron chi connectivity index (χ4n) is 2.05. The molecule has 0 aliphatic heterocycles. The van der Waals surface area contributed by atoms with E-state index >= 15 is 0 Å². The van der Waals surface area contributed by atoms with Gasteiger partial charge in [0.15, 0.2) is 0 Å². The summed E-state index contributed by atoms with van der Waals surface area (Å²) in [7, 11) is 0. The van der Waals surface area contributed by atoms with E-state index in [0.717, 1.165) is 17.7 Å². The van der Waals surface area contributed by atoms with Gasteiger partial charge in [-0.05, 0) is 29.1 Å². The number of hydrogen-bond acceptors (Lipinski definition) is 5. The topological polar surface area (TPSA) is 72.2 Å². The molecule has 20 heavy (non-hydrogen) atoms. The van der Waals surface area contributed by atoms with Crippen molar-refractivity contribution in [2.24, 2.45) is 0 Å². The quantitative estimate of drug-likeness (QED) is 0.721. The normalized spacial score (nSPS) is 10.8. The molecule has 0 radical (unpaired) electrons. The van der Waals surface area contributed by atoms with Crippen molar-refractivity contribution in [1.82, 2.24) is 0 Å². The fourth-order valence-corrected chi connectivity index (χ4v) is 2.79. The van der Waals surface area contributed by atoms with E-state index in [9.17, 15) is 9.59 Å². The Morgan fingerprint density at radius 2 is 1.95 bits per heavy atom. The number of rotatable bonds is 4. The third kappa shape index (κ3) is 2.23. The zero-order chi connectivity index (χ0) is 14.1. The number of nitrogens with one attached hydrogen (secondary N) is 1. The highest BCUT2D eigenvalue weighted by Gasteiger charge is 2.17. The standard InChI is InChI=1S/C15H12N2O2S/c16-12-13(15(19)14(12)18)17-10-4-1-3-9(7-10)8-11-5-2-6-20-11/h1-7,17H,8,16H2. The Hall–Kier alpha value is -2.40. The molecule has 1 heterocycles. The third-order valence-corrected chi connectivity index (χ3v) is 3.98. The van der Waals surface area contributed by atoms with Gasteiger partial charge < -0.3 is 11.1 Å². The van der Waals surface area contributed by atoms with Gasteiger partial charge in [-0.3, -0.25) is 9.59 Å². The van der Waals surface area contributed by atoms with E-state index in [2.05, 4.69) is 11.4 Å². The maximum absolute atomic E-state index is 11.4. The molecule has 0 unspecified atom stereocenters. The second-order valence-corrected chi connectivity index (χ2v) is 5.56. The number of nitrogens with two attached hydrogens (primary N) is 1. The fraction of sp³-hybridized carbons (Fsp3) is 0.0667. The molecule has 1 aromatic heterocycles. The summed E-state index contributed by atoms with van der Waals surface area (Å²) < 4.78 is 0. The summed E-state index contributed by atoms with van der Waals surface area (Å²) in [6.07, 6.45) is 0.842. The van der Waals surface area contributed by atoms with E-state index in [1.54, 1.807) is 11.3 Å². The maximum Gasteiger partial charge on any atom is 0.253 e. The number of thiophene rings is 1. The largest absolute Gasteiger partial charge is 0.394 e. The van der Waals surface area contributed by atoms with Gasteiger partial charge in [-0.25, -0.2) is 0 Å². The van der Waals surface area contributed by atoms with Crippen molar-refractivity contribution in [2.75, 3.05) is 11.1 Å². The Labute approximate surface area is 119 Å². The minimum Gasteiger partial charge on any atom is -0.394 e. The lowest BCUT2D eigenvalue weighted by molar-refractivity contribution is 1.24. The number of benzene rings is 1. The smallest absolute Gasteiger partial charge is 0.253 e. The molecule has 0 aliphatic carbocycles. The van der Waals surface area contributed by atoms with Crippen LogP contribution in [0.5, 0.6) is 0 Å². The summed E-state index contributed by atoms with van der Waals surface area (Å²) in [4.78, 5) is 23.7. The zero-order valence-corrected chi connectivity index (χ0v) is 11.4. The second-order valence-electron chi connectivity index (χ2n) is 4.53. The van der Waals surface area contributed by atoms with E-state index in [1.165, 1.54) is 4.88 Å². The van der Waals surface area contributed by atoms with Gasteiger partial charge >= 0.3 is 0 Å². The van der Waals surface area contributed by atoms with Gasteiger partial charge in [0.1, 0.15) is 11.4 Å². The molecule has 0 amide bonds. The molecule has 0 aliphatic rings. The summed E-state index contributed by atoms with van der Waals surface area (Å²) >= 11 is 1.71. The van der Waals surface area contributed by atoms with Crippen LogP contribution in [0.2, 0.25) is 0 Å². The second kappa shape index (κ2) is 4.94. The van der Waals surface area contributed by atoms with Crippen molar-refractivity contribution >= 4 is 28.4 Å². The lowest BCUT2D eigenvalue weighted by Crippen LogP contribution is -2.36. The molecule has 3 rings (SSSR count). The van der Waals surface area contributed by atoms with E-state index in [1.807, 2.05) is 35.7 Å². The lowest BCUT2D eigenvalue weighted by Gasteiger charge is -2.11. The first-order valence-corrected chi connectivity index (χ1v) is 7.00. The molecule has 100 valence electrons. The third-order valence-electron chi connectivity index (χ3n) is 3.10. The van der Waals surface area contributed by atoms with Crippen molar-refractivity contribution < 1.29 is 0 Å². The molecule has 3 N–H and O–H groups in total. The highest BCUT2D eigenvalue weighted by Crippen LogP contribution is 2.21. The molecule has 0 spiro atoms. The first-order valence-electron chi connectivity index (χ1n) is 6.12. The molecule has 0 fully saturated rings. The van der Waals surface area contributed by atoms with Crippen LogP contribution in [0.15, 0.2) is 51.4 Å². The van der Waals surface area contributed by atoms with E-state index < -0.39 is 10.9 Å². The van der Waals surface area contributed by atoms with Crippen LogP contribution in [0.3, 0.4) is 0 Å². The maximum atomic E-state index is 11.4. The summed E-state index contributed by atoms with van der Waals surface area (Å²) in [6.45, 7) is 0. The summed E-state index contributed by atoms with van der Waals surface area (Å²) in [6, 6.07) is 11.8. The predicted molar refractivity (Wildman–Crippen MR) is 82.6 cm³/mol. The van der Waals surface area contributed by atoms with Gasteiger partial charge in [0, 0.05) is 17.0 Å². The highest BCUT2D eigenvalue weighted by molar-refractivity contribution is 7.09. The zero-order valence-electron chi connectivity index (χ0n) is 10.6. The van der Waals surface area contributed by atoms with Crippen LogP contribution in [0, 0.1) is 0 Å². The van der Waals surface area contributed by atoms with Crippen molar-refractivity contribution in [3.05, 3.63) is 72.7 Å². The molecule has 4 nitrogen and oxygen atoms in total. The molecule has 3 aromatic rings. The van der Waals surface area contributed by atoms with Gasteiger partial charge in [0.05, 0.1) is 0 Å². The molecule has 0 bridgehead atoms. The van der Waals surface area contributed by atoms with Crippen LogP contribution in [0.1, 0.15) is 10.4 Å². The Balaban J connectivity index is 1.82. The minimum atomic E-state index is -0.609. The minimum absolute atomic E-state index is 0.0126. The van der Waals surface area contributed by atoms with Gasteiger partial charge in [-0.2, -0.15) is 0 Å². The van der Waals surface area contributed by atoms with Gasteiger partial charge in [-0.15, -0.1) is 11.3 Å². The van der Waals surface area contributed by atoms with Crippen LogP contribution >= 0.6 is 11.3 Å². The van der Waals surface area contributed by atoms with Crippen molar-refractivity contribution in [2.45, 2.75) is 6.42 Å². The van der Waals surface area contributed by atoms with Crippen LogP contribution in [-0.2, 0) is 6.42 Å². The monoisotopic (exact) mass is 284 g/mol. The Kier molecular flexibility index (Phi) is 3.12. The van der Waals surface area contributed by atoms with Crippen LogP contribution in [-0.4, -0.2) is 0 Å². The van der Waals surface area contributed by atoms with Gasteiger partial charge in [0.25, 0.3) is 10.9 Å². The molecule has 5 heteroatoms. The van der Waals surface area contributed by atoms with E-state index in [4.69, 9.17) is 5.73 Å². The predicted octanol–water partition coefficient (Wildman–Crippen LogP) is 2.26. The average Bonchev–Trinajstić information content (AvgIpc) is 2.97. The average molecular weight is 284 g/mol. The first-order chi connectivity index (χ1) is 9.65. The van der Waals surface area contributed by atoms with Crippen LogP contribution in [0.4, 0.5) is 17.1 Å². The number of nitrogen functional groups attached to an aromatic ring is 1. The molecule has 0 saturated heterocycles. The first kappa shape index (κ1) is 12.6.